The molecule has 2 amide bonds. The number of carbonyl (C=O) groups is 2. The predicted octanol–water partition coefficient (Wildman–Crippen LogP) is 4.77. The van der Waals surface area contributed by atoms with Crippen molar-refractivity contribution >= 4 is 45.5 Å². The van der Waals surface area contributed by atoms with Crippen molar-refractivity contribution in [3.05, 3.63) is 74.3 Å². The van der Waals surface area contributed by atoms with Crippen LogP contribution in [0.25, 0.3) is 11.0 Å². The number of amides is 2. The molecule has 4 heterocycles. The van der Waals surface area contributed by atoms with E-state index in [1.807, 2.05) is 50.5 Å². The van der Waals surface area contributed by atoms with Crippen LogP contribution >= 0.6 is 11.3 Å². The highest BCUT2D eigenvalue weighted by Crippen LogP contribution is 2.38. The number of hydrogen-bond donors (Lipinski definition) is 0. The van der Waals surface area contributed by atoms with E-state index in [1.54, 1.807) is 58.9 Å². The van der Waals surface area contributed by atoms with Crippen molar-refractivity contribution in [2.75, 3.05) is 36.5 Å². The third kappa shape index (κ3) is 5.46. The van der Waals surface area contributed by atoms with Gasteiger partial charge in [0.25, 0.3) is 5.56 Å². The number of benzene rings is 1. The smallest absolute Gasteiger partial charge is 0.261 e. The maximum absolute atomic E-state index is 13.3. The van der Waals surface area contributed by atoms with Crippen molar-refractivity contribution in [3.63, 3.8) is 0 Å². The van der Waals surface area contributed by atoms with Gasteiger partial charge in [0, 0.05) is 50.8 Å². The monoisotopic (exact) mass is 575 g/mol. The first-order valence-electron chi connectivity index (χ1n) is 13.9. The summed E-state index contributed by atoms with van der Waals surface area (Å²) in [6.07, 6.45) is 2.54. The summed E-state index contributed by atoms with van der Waals surface area (Å²) in [5, 5.41) is 0.598. The van der Waals surface area contributed by atoms with Gasteiger partial charge in [-0.15, -0.1) is 11.3 Å². The molecule has 0 unspecified atom stereocenters. The number of thiazole rings is 1. The van der Waals surface area contributed by atoms with E-state index in [-0.39, 0.29) is 17.4 Å². The summed E-state index contributed by atoms with van der Waals surface area (Å²) in [7, 11) is 1.74. The minimum absolute atomic E-state index is 0.0512. The average Bonchev–Trinajstić information content (AvgIpc) is 3.53. The van der Waals surface area contributed by atoms with Crippen LogP contribution in [0.5, 0.6) is 0 Å². The number of fused-ring (bicyclic) bond motifs is 2. The van der Waals surface area contributed by atoms with Crippen LogP contribution in [-0.2, 0) is 29.1 Å². The van der Waals surface area contributed by atoms with Crippen molar-refractivity contribution in [3.8, 4) is 0 Å². The number of hydrogen-bond acceptors (Lipinski definition) is 7. The first-order chi connectivity index (χ1) is 19.5. The molecular weight excluding hydrogens is 538 g/mol. The Morgan fingerprint density at radius 3 is 2.51 bits per heavy atom. The highest BCUT2D eigenvalue weighted by molar-refractivity contribution is 7.09. The number of aryl methyl sites for hydroxylation is 2. The number of furan rings is 1. The fraction of sp³-hybridized carbons (Fsp3) is 0.419. The van der Waals surface area contributed by atoms with Gasteiger partial charge in [-0.2, -0.15) is 0 Å². The first-order valence-corrected chi connectivity index (χ1v) is 14.8. The standard InChI is InChI=1S/C31H37N5O4S/c1-7-36-24-9-8-22(17-25(24)33(6)29(38)31(4,5)30(36)39)10-12-34(18-27-21(3)32-19-41-27)14-15-35-13-11-26-23(28(35)37)16-20(2)40-26/h8-9,11,13,16-17,19H,7,10,12,14-15,18H2,1-6H3. The van der Waals surface area contributed by atoms with Crippen molar-refractivity contribution < 1.29 is 14.0 Å². The van der Waals surface area contributed by atoms with E-state index in [1.165, 1.54) is 4.88 Å². The Labute approximate surface area is 244 Å². The Morgan fingerprint density at radius 1 is 1.02 bits per heavy atom. The van der Waals surface area contributed by atoms with Gasteiger partial charge in [0.1, 0.15) is 16.8 Å². The molecule has 1 aromatic carbocycles. The summed E-state index contributed by atoms with van der Waals surface area (Å²) in [4.78, 5) is 50.8. The van der Waals surface area contributed by atoms with Crippen LogP contribution in [-0.4, -0.2) is 52.9 Å². The van der Waals surface area contributed by atoms with E-state index >= 15 is 0 Å². The minimum atomic E-state index is -1.14. The summed E-state index contributed by atoms with van der Waals surface area (Å²) in [5.74, 6) is 0.322. The topological polar surface area (TPSA) is 91.9 Å². The molecule has 4 aromatic rings. The zero-order valence-corrected chi connectivity index (χ0v) is 25.4. The molecule has 0 saturated carbocycles. The van der Waals surface area contributed by atoms with Gasteiger partial charge in [0.2, 0.25) is 11.8 Å². The van der Waals surface area contributed by atoms with E-state index in [2.05, 4.69) is 9.88 Å². The SMILES string of the molecule is CCN1C(=O)C(C)(C)C(=O)N(C)c2cc(CCN(CCn3ccc4oc(C)cc4c3=O)Cc3scnc3C)ccc21. The van der Waals surface area contributed by atoms with Gasteiger partial charge in [-0.05, 0) is 70.9 Å². The number of carbonyl (C=O) groups excluding carboxylic acids is 2. The number of pyridine rings is 1. The first kappa shape index (κ1) is 28.8. The Hall–Kier alpha value is -3.76. The van der Waals surface area contributed by atoms with Crippen LogP contribution in [0, 0.1) is 19.3 Å². The van der Waals surface area contributed by atoms with Crippen molar-refractivity contribution in [2.24, 2.45) is 5.41 Å². The number of rotatable bonds is 9. The van der Waals surface area contributed by atoms with E-state index in [9.17, 15) is 14.4 Å². The minimum Gasteiger partial charge on any atom is -0.461 e. The summed E-state index contributed by atoms with van der Waals surface area (Å²) in [6.45, 7) is 12.4. The van der Waals surface area contributed by atoms with Gasteiger partial charge in [0.15, 0.2) is 0 Å². The predicted molar refractivity (Wildman–Crippen MR) is 163 cm³/mol. The average molecular weight is 576 g/mol. The second-order valence-electron chi connectivity index (χ2n) is 11.2. The number of aromatic nitrogens is 2. The van der Waals surface area contributed by atoms with Crippen LogP contribution in [0.2, 0.25) is 0 Å². The second-order valence-corrected chi connectivity index (χ2v) is 12.1. The fourth-order valence-corrected chi connectivity index (χ4v) is 6.29. The molecule has 216 valence electrons. The van der Waals surface area contributed by atoms with Crippen LogP contribution in [0.1, 0.15) is 42.7 Å². The molecule has 0 fully saturated rings. The molecule has 9 nitrogen and oxygen atoms in total. The highest BCUT2D eigenvalue weighted by atomic mass is 32.1. The maximum atomic E-state index is 13.3. The molecule has 0 radical (unpaired) electrons. The number of nitrogens with zero attached hydrogens (tertiary/aromatic N) is 5. The molecule has 0 N–H and O–H groups in total. The van der Waals surface area contributed by atoms with E-state index in [0.29, 0.717) is 30.6 Å². The summed E-state index contributed by atoms with van der Waals surface area (Å²) in [6, 6.07) is 9.67. The van der Waals surface area contributed by atoms with E-state index < -0.39 is 5.41 Å². The lowest BCUT2D eigenvalue weighted by Gasteiger charge is -2.27. The van der Waals surface area contributed by atoms with Crippen LogP contribution in [0.15, 0.2) is 51.3 Å². The molecule has 3 aromatic heterocycles. The van der Waals surface area contributed by atoms with Crippen molar-refractivity contribution in [1.29, 1.82) is 0 Å². The summed E-state index contributed by atoms with van der Waals surface area (Å²) >= 11 is 1.64. The Bertz CT molecular complexity index is 1670. The Morgan fingerprint density at radius 2 is 1.80 bits per heavy atom. The molecule has 1 aliphatic heterocycles. The molecule has 0 saturated heterocycles. The van der Waals surface area contributed by atoms with Crippen LogP contribution in [0.3, 0.4) is 0 Å². The molecule has 1 aliphatic rings. The maximum Gasteiger partial charge on any atom is 0.261 e. The summed E-state index contributed by atoms with van der Waals surface area (Å²) < 4.78 is 7.36. The van der Waals surface area contributed by atoms with E-state index in [0.717, 1.165) is 47.9 Å². The van der Waals surface area contributed by atoms with Crippen LogP contribution < -0.4 is 15.4 Å². The lowest BCUT2D eigenvalue weighted by atomic mass is 9.90. The molecule has 0 atom stereocenters. The Kier molecular flexibility index (Phi) is 7.89. The van der Waals surface area contributed by atoms with Gasteiger partial charge in [-0.3, -0.25) is 19.3 Å². The molecule has 0 bridgehead atoms. The molecule has 41 heavy (non-hydrogen) atoms. The third-order valence-electron chi connectivity index (χ3n) is 7.99. The van der Waals surface area contributed by atoms with Crippen molar-refractivity contribution in [1.82, 2.24) is 14.5 Å². The molecule has 5 rings (SSSR count). The molecule has 0 aliphatic carbocycles. The van der Waals surface area contributed by atoms with Gasteiger partial charge in [0.05, 0.1) is 28.0 Å². The lowest BCUT2D eigenvalue weighted by Crippen LogP contribution is -2.47. The highest BCUT2D eigenvalue weighted by Gasteiger charge is 2.45. The fourth-order valence-electron chi connectivity index (χ4n) is 5.47. The largest absolute Gasteiger partial charge is 0.461 e. The van der Waals surface area contributed by atoms with Gasteiger partial charge >= 0.3 is 0 Å². The van der Waals surface area contributed by atoms with Crippen LogP contribution in [0.4, 0.5) is 11.4 Å². The van der Waals surface area contributed by atoms with Gasteiger partial charge in [-0.1, -0.05) is 6.07 Å². The third-order valence-corrected chi connectivity index (χ3v) is 8.91. The molecule has 0 spiro atoms. The van der Waals surface area contributed by atoms with Crippen molar-refractivity contribution in [2.45, 2.75) is 54.1 Å². The van der Waals surface area contributed by atoms with Gasteiger partial charge in [-0.25, -0.2) is 4.98 Å². The molecule has 10 heteroatoms. The quantitative estimate of drug-likeness (QED) is 0.267. The zero-order valence-electron chi connectivity index (χ0n) is 24.6. The normalized spacial score (nSPS) is 15.2. The number of anilines is 2. The Balaban J connectivity index is 1.38. The lowest BCUT2D eigenvalue weighted by molar-refractivity contribution is -0.137. The van der Waals surface area contributed by atoms with E-state index in [4.69, 9.17) is 4.42 Å². The zero-order chi connectivity index (χ0) is 29.5. The van der Waals surface area contributed by atoms with Gasteiger partial charge < -0.3 is 18.8 Å². The second kappa shape index (κ2) is 11.3. The molecular formula is C31H37N5O4S. The summed E-state index contributed by atoms with van der Waals surface area (Å²) in [5.41, 5.74) is 4.88.